The lowest BCUT2D eigenvalue weighted by Gasteiger charge is -2.35. The lowest BCUT2D eigenvalue weighted by molar-refractivity contribution is -0.126. The van der Waals surface area contributed by atoms with Crippen LogP contribution in [0.1, 0.15) is 12.5 Å². The van der Waals surface area contributed by atoms with Crippen molar-refractivity contribution >= 4 is 28.7 Å². The van der Waals surface area contributed by atoms with Crippen LogP contribution >= 0.6 is 0 Å². The Morgan fingerprint density at radius 1 is 1.03 bits per heavy atom. The number of piperazine rings is 1. The van der Waals surface area contributed by atoms with Gasteiger partial charge in [0.15, 0.2) is 11.5 Å². The van der Waals surface area contributed by atoms with E-state index < -0.39 is 0 Å². The normalized spacial score (nSPS) is 14.3. The molecule has 1 saturated heterocycles. The zero-order valence-electron chi connectivity index (χ0n) is 18.0. The molecule has 2 heterocycles. The first-order chi connectivity index (χ1) is 15.2. The van der Waals surface area contributed by atoms with Crippen molar-refractivity contribution in [2.45, 2.75) is 6.92 Å². The topological polar surface area (TPSA) is 54.9 Å². The zero-order chi connectivity index (χ0) is 21.6. The second-order valence-electron chi connectivity index (χ2n) is 7.35. The summed E-state index contributed by atoms with van der Waals surface area (Å²) in [4.78, 5) is 21.5. The van der Waals surface area contributed by atoms with Crippen LogP contribution in [0.5, 0.6) is 11.5 Å². The Morgan fingerprint density at radius 3 is 2.61 bits per heavy atom. The molecule has 2 aromatic carbocycles. The second kappa shape index (κ2) is 9.51. The molecule has 0 spiro atoms. The van der Waals surface area contributed by atoms with E-state index in [1.807, 2.05) is 54.3 Å². The molecule has 6 heteroatoms. The summed E-state index contributed by atoms with van der Waals surface area (Å²) in [6, 6.07) is 17.9. The largest absolute Gasteiger partial charge is 0.493 e. The highest BCUT2D eigenvalue weighted by Gasteiger charge is 2.20. The number of anilines is 1. The first-order valence-electron chi connectivity index (χ1n) is 10.6. The Kier molecular flexibility index (Phi) is 6.36. The second-order valence-corrected chi connectivity index (χ2v) is 7.35. The van der Waals surface area contributed by atoms with Crippen LogP contribution in [0.15, 0.2) is 60.7 Å². The molecule has 0 saturated carbocycles. The van der Waals surface area contributed by atoms with Gasteiger partial charge in [0.05, 0.1) is 19.2 Å². The van der Waals surface area contributed by atoms with Crippen LogP contribution in [-0.2, 0) is 4.79 Å². The number of fused-ring (bicyclic) bond motifs is 1. The number of hydrogen-bond acceptors (Lipinski definition) is 5. The molecule has 0 radical (unpaired) electrons. The molecule has 1 aliphatic heterocycles. The molecular formula is C25H27N3O3. The average Bonchev–Trinajstić information content (AvgIpc) is 2.83. The van der Waals surface area contributed by atoms with Gasteiger partial charge in [-0.3, -0.25) is 4.79 Å². The summed E-state index contributed by atoms with van der Waals surface area (Å²) >= 11 is 0. The number of rotatable bonds is 6. The minimum atomic E-state index is 0.0129. The lowest BCUT2D eigenvalue weighted by atomic mass is 10.1. The van der Waals surface area contributed by atoms with E-state index in [0.717, 1.165) is 35.4 Å². The number of para-hydroxylation sites is 1. The number of aromatic nitrogens is 1. The monoisotopic (exact) mass is 417 g/mol. The van der Waals surface area contributed by atoms with E-state index in [1.54, 1.807) is 13.2 Å². The number of amides is 1. The molecule has 160 valence electrons. The number of hydrogen-bond donors (Lipinski definition) is 0. The number of benzene rings is 2. The number of pyridine rings is 1. The Hall–Kier alpha value is -3.54. The molecule has 1 fully saturated rings. The molecular weight excluding hydrogens is 390 g/mol. The van der Waals surface area contributed by atoms with E-state index in [2.05, 4.69) is 23.1 Å². The number of ether oxygens (including phenoxy) is 2. The third kappa shape index (κ3) is 4.79. The van der Waals surface area contributed by atoms with Gasteiger partial charge in [-0.25, -0.2) is 4.98 Å². The molecule has 0 N–H and O–H groups in total. The highest BCUT2D eigenvalue weighted by molar-refractivity contribution is 5.92. The molecule has 1 aliphatic rings. The number of carbonyl (C=O) groups excluding carboxylic acids is 1. The maximum atomic E-state index is 12.7. The molecule has 4 rings (SSSR count). The van der Waals surface area contributed by atoms with Crippen molar-refractivity contribution < 1.29 is 14.3 Å². The minimum absolute atomic E-state index is 0.0129. The van der Waals surface area contributed by atoms with Crippen molar-refractivity contribution in [3.63, 3.8) is 0 Å². The summed E-state index contributed by atoms with van der Waals surface area (Å²) in [6.45, 7) is 5.38. The Bertz CT molecular complexity index is 1090. The maximum absolute atomic E-state index is 12.7. The number of carbonyl (C=O) groups is 1. The predicted octanol–water partition coefficient (Wildman–Crippen LogP) is 4.00. The van der Waals surface area contributed by atoms with E-state index >= 15 is 0 Å². The van der Waals surface area contributed by atoms with Crippen LogP contribution in [0.2, 0.25) is 0 Å². The van der Waals surface area contributed by atoms with Gasteiger partial charge in [0, 0.05) is 37.6 Å². The van der Waals surface area contributed by atoms with Gasteiger partial charge in [-0.15, -0.1) is 0 Å². The molecule has 0 bridgehead atoms. The van der Waals surface area contributed by atoms with Gasteiger partial charge in [0.25, 0.3) is 0 Å². The standard InChI is InChI=1S/C25H27N3O3/c1-3-31-22-11-8-19(18-23(22)30-2)9-13-25(29)28-16-14-27(15-17-28)24-12-10-20-6-4-5-7-21(20)26-24/h4-13,18H,3,14-17H2,1-2H3/b13-9+. The molecule has 0 aliphatic carbocycles. The molecule has 1 aromatic heterocycles. The van der Waals surface area contributed by atoms with Gasteiger partial charge >= 0.3 is 0 Å². The fourth-order valence-electron chi connectivity index (χ4n) is 3.72. The smallest absolute Gasteiger partial charge is 0.246 e. The van der Waals surface area contributed by atoms with Crippen molar-refractivity contribution in [1.82, 2.24) is 9.88 Å². The highest BCUT2D eigenvalue weighted by Crippen LogP contribution is 2.28. The molecule has 1 amide bonds. The highest BCUT2D eigenvalue weighted by atomic mass is 16.5. The van der Waals surface area contributed by atoms with Crippen LogP contribution in [0.25, 0.3) is 17.0 Å². The summed E-state index contributed by atoms with van der Waals surface area (Å²) in [5.41, 5.74) is 1.89. The van der Waals surface area contributed by atoms with Gasteiger partial charge in [0.1, 0.15) is 5.82 Å². The van der Waals surface area contributed by atoms with Crippen LogP contribution < -0.4 is 14.4 Å². The van der Waals surface area contributed by atoms with Crippen molar-refractivity contribution in [3.8, 4) is 11.5 Å². The van der Waals surface area contributed by atoms with Gasteiger partial charge in [-0.2, -0.15) is 0 Å². The Labute approximate surface area is 182 Å². The van der Waals surface area contributed by atoms with Crippen LogP contribution in [-0.4, -0.2) is 55.7 Å². The summed E-state index contributed by atoms with van der Waals surface area (Å²) in [7, 11) is 1.61. The lowest BCUT2D eigenvalue weighted by Crippen LogP contribution is -2.48. The van der Waals surface area contributed by atoms with E-state index in [4.69, 9.17) is 14.5 Å². The average molecular weight is 418 g/mol. The maximum Gasteiger partial charge on any atom is 0.246 e. The Morgan fingerprint density at radius 2 is 1.84 bits per heavy atom. The third-order valence-corrected chi connectivity index (χ3v) is 5.40. The molecule has 31 heavy (non-hydrogen) atoms. The Balaban J connectivity index is 1.36. The quantitative estimate of drug-likeness (QED) is 0.568. The van der Waals surface area contributed by atoms with Gasteiger partial charge in [-0.1, -0.05) is 24.3 Å². The summed E-state index contributed by atoms with van der Waals surface area (Å²) < 4.78 is 10.9. The first kappa shape index (κ1) is 20.7. The van der Waals surface area contributed by atoms with Crippen molar-refractivity contribution in [2.24, 2.45) is 0 Å². The summed E-state index contributed by atoms with van der Waals surface area (Å²) in [6.07, 6.45) is 3.44. The fraction of sp³-hybridized carbons (Fsp3) is 0.280. The molecule has 3 aromatic rings. The van der Waals surface area contributed by atoms with E-state index in [0.29, 0.717) is 31.2 Å². The van der Waals surface area contributed by atoms with Crippen molar-refractivity contribution in [1.29, 1.82) is 0 Å². The van der Waals surface area contributed by atoms with Crippen LogP contribution in [0.3, 0.4) is 0 Å². The number of nitrogens with zero attached hydrogens (tertiary/aromatic N) is 3. The van der Waals surface area contributed by atoms with Crippen molar-refractivity contribution in [3.05, 3.63) is 66.2 Å². The molecule has 0 atom stereocenters. The van der Waals surface area contributed by atoms with Crippen LogP contribution in [0.4, 0.5) is 5.82 Å². The van der Waals surface area contributed by atoms with E-state index in [1.165, 1.54) is 0 Å². The zero-order valence-corrected chi connectivity index (χ0v) is 18.0. The summed E-state index contributed by atoms with van der Waals surface area (Å²) in [5.74, 6) is 2.33. The third-order valence-electron chi connectivity index (χ3n) is 5.40. The van der Waals surface area contributed by atoms with E-state index in [9.17, 15) is 4.79 Å². The van der Waals surface area contributed by atoms with Crippen molar-refractivity contribution in [2.75, 3.05) is 44.8 Å². The van der Waals surface area contributed by atoms with Crippen LogP contribution in [0, 0.1) is 0 Å². The van der Waals surface area contributed by atoms with Gasteiger partial charge in [0.2, 0.25) is 5.91 Å². The molecule has 0 unspecified atom stereocenters. The van der Waals surface area contributed by atoms with Gasteiger partial charge < -0.3 is 19.3 Å². The van der Waals surface area contributed by atoms with Gasteiger partial charge in [-0.05, 0) is 48.9 Å². The number of methoxy groups -OCH3 is 1. The summed E-state index contributed by atoms with van der Waals surface area (Å²) in [5, 5.41) is 1.14. The SMILES string of the molecule is CCOc1ccc(/C=C/C(=O)N2CCN(c3ccc4ccccc4n3)CC2)cc1OC. The minimum Gasteiger partial charge on any atom is -0.493 e. The van der Waals surface area contributed by atoms with E-state index in [-0.39, 0.29) is 5.91 Å². The molecule has 6 nitrogen and oxygen atoms in total. The fourth-order valence-corrected chi connectivity index (χ4v) is 3.72. The predicted molar refractivity (Wildman–Crippen MR) is 124 cm³/mol. The first-order valence-corrected chi connectivity index (χ1v) is 10.6.